The smallest absolute Gasteiger partial charge is 0.193 e. The van der Waals surface area contributed by atoms with Crippen LogP contribution < -0.4 is 5.32 Å². The first-order valence-corrected chi connectivity index (χ1v) is 11.6. The molecule has 1 aromatic carbocycles. The van der Waals surface area contributed by atoms with Gasteiger partial charge in [-0.15, -0.1) is 24.0 Å². The zero-order valence-electron chi connectivity index (χ0n) is 19.2. The van der Waals surface area contributed by atoms with Crippen LogP contribution in [0.4, 0.5) is 0 Å². The molecular weight excluding hydrogens is 485 g/mol. The Balaban J connectivity index is 0.00000320. The molecule has 170 valence electrons. The van der Waals surface area contributed by atoms with Crippen LogP contribution >= 0.6 is 24.0 Å². The van der Waals surface area contributed by atoms with Gasteiger partial charge in [0, 0.05) is 59.4 Å². The molecule has 2 saturated heterocycles. The van der Waals surface area contributed by atoms with E-state index in [0.717, 1.165) is 31.5 Å². The number of nitrogens with zero attached hydrogens (tertiary/aromatic N) is 4. The van der Waals surface area contributed by atoms with Gasteiger partial charge < -0.3 is 20.0 Å². The summed E-state index contributed by atoms with van der Waals surface area (Å²) >= 11 is 0. The third-order valence-electron chi connectivity index (χ3n) is 6.58. The largest absolute Gasteiger partial charge is 0.356 e. The van der Waals surface area contributed by atoms with E-state index in [9.17, 15) is 0 Å². The van der Waals surface area contributed by atoms with Crippen LogP contribution in [-0.2, 0) is 6.42 Å². The number of likely N-dealkylation sites (tertiary alicyclic amines) is 1. The number of guanidine groups is 1. The molecule has 30 heavy (non-hydrogen) atoms. The number of piperidine rings is 1. The number of halogens is 1. The molecule has 0 saturated carbocycles. The normalized spacial score (nSPS) is 20.6. The molecule has 6 heteroatoms. The predicted octanol–water partition coefficient (Wildman–Crippen LogP) is 3.41. The van der Waals surface area contributed by atoms with Crippen LogP contribution in [0.2, 0.25) is 0 Å². The van der Waals surface area contributed by atoms with Gasteiger partial charge in [-0.25, -0.2) is 0 Å². The minimum atomic E-state index is 0. The maximum Gasteiger partial charge on any atom is 0.193 e. The van der Waals surface area contributed by atoms with Gasteiger partial charge in [0.25, 0.3) is 0 Å². The highest BCUT2D eigenvalue weighted by Crippen LogP contribution is 2.21. The summed E-state index contributed by atoms with van der Waals surface area (Å²) in [6.45, 7) is 15.1. The fourth-order valence-electron chi connectivity index (χ4n) is 4.69. The molecule has 1 aromatic rings. The van der Waals surface area contributed by atoms with Crippen LogP contribution in [0.5, 0.6) is 0 Å². The van der Waals surface area contributed by atoms with Crippen molar-refractivity contribution >= 4 is 29.9 Å². The van der Waals surface area contributed by atoms with Crippen molar-refractivity contribution in [3.63, 3.8) is 0 Å². The second-order valence-electron chi connectivity index (χ2n) is 8.89. The molecule has 0 aliphatic carbocycles. The first-order chi connectivity index (χ1) is 14.2. The molecule has 0 aromatic heterocycles. The van der Waals surface area contributed by atoms with Gasteiger partial charge in [0.05, 0.1) is 0 Å². The van der Waals surface area contributed by atoms with Crippen LogP contribution in [0.15, 0.2) is 35.3 Å². The van der Waals surface area contributed by atoms with E-state index >= 15 is 0 Å². The molecule has 0 spiro atoms. The number of benzene rings is 1. The van der Waals surface area contributed by atoms with E-state index in [1.165, 1.54) is 64.1 Å². The van der Waals surface area contributed by atoms with Crippen LogP contribution in [0, 0.1) is 11.8 Å². The SMILES string of the molecule is CCN1CCN(CC(C)CNC(=NC)N2CCC(Cc3ccccc3)CC2)CC1.I. The van der Waals surface area contributed by atoms with Crippen LogP contribution in [0.25, 0.3) is 0 Å². The van der Waals surface area contributed by atoms with Crippen molar-refractivity contribution in [1.82, 2.24) is 20.0 Å². The second-order valence-corrected chi connectivity index (χ2v) is 8.89. The predicted molar refractivity (Wildman–Crippen MR) is 139 cm³/mol. The highest BCUT2D eigenvalue weighted by Gasteiger charge is 2.22. The molecule has 2 aliphatic rings. The molecule has 0 radical (unpaired) electrons. The summed E-state index contributed by atoms with van der Waals surface area (Å²) < 4.78 is 0. The van der Waals surface area contributed by atoms with Crippen molar-refractivity contribution < 1.29 is 0 Å². The number of rotatable bonds is 7. The first-order valence-electron chi connectivity index (χ1n) is 11.6. The molecule has 0 amide bonds. The van der Waals surface area contributed by atoms with Gasteiger partial charge in [0.15, 0.2) is 5.96 Å². The van der Waals surface area contributed by atoms with Gasteiger partial charge in [-0.1, -0.05) is 44.2 Å². The van der Waals surface area contributed by atoms with Gasteiger partial charge in [0.2, 0.25) is 0 Å². The molecule has 2 fully saturated rings. The fourth-order valence-corrected chi connectivity index (χ4v) is 4.69. The molecule has 1 N–H and O–H groups in total. The molecular formula is C24H42IN5. The summed E-state index contributed by atoms with van der Waals surface area (Å²) in [6.07, 6.45) is 3.72. The minimum absolute atomic E-state index is 0. The molecule has 2 heterocycles. The monoisotopic (exact) mass is 527 g/mol. The summed E-state index contributed by atoms with van der Waals surface area (Å²) in [5.41, 5.74) is 1.47. The first kappa shape index (κ1) is 25.4. The number of hydrogen-bond acceptors (Lipinski definition) is 3. The van der Waals surface area contributed by atoms with Crippen LogP contribution in [0.3, 0.4) is 0 Å². The topological polar surface area (TPSA) is 34.1 Å². The zero-order valence-corrected chi connectivity index (χ0v) is 21.6. The van der Waals surface area contributed by atoms with Crippen molar-refractivity contribution in [1.29, 1.82) is 0 Å². The lowest BCUT2D eigenvalue weighted by atomic mass is 9.90. The molecule has 1 unspecified atom stereocenters. The third-order valence-corrected chi connectivity index (χ3v) is 6.58. The summed E-state index contributed by atoms with van der Waals surface area (Å²) in [4.78, 5) is 12.2. The summed E-state index contributed by atoms with van der Waals surface area (Å²) in [5, 5.41) is 3.65. The lowest BCUT2D eigenvalue weighted by Gasteiger charge is -2.36. The van der Waals surface area contributed by atoms with E-state index in [2.05, 4.69) is 69.2 Å². The van der Waals surface area contributed by atoms with E-state index in [1.54, 1.807) is 0 Å². The number of likely N-dealkylation sites (N-methyl/N-ethyl adjacent to an activating group) is 1. The minimum Gasteiger partial charge on any atom is -0.356 e. The van der Waals surface area contributed by atoms with E-state index in [-0.39, 0.29) is 24.0 Å². The van der Waals surface area contributed by atoms with E-state index in [4.69, 9.17) is 0 Å². The van der Waals surface area contributed by atoms with Crippen molar-refractivity contribution in [2.45, 2.75) is 33.1 Å². The standard InChI is InChI=1S/C24H41N5.HI/c1-4-27-14-16-28(17-15-27)20-21(2)19-26-24(25-3)29-12-10-23(11-13-29)18-22-8-6-5-7-9-22;/h5-9,21,23H,4,10-20H2,1-3H3,(H,25,26);1H. The third kappa shape index (κ3) is 8.00. The van der Waals surface area contributed by atoms with E-state index in [0.29, 0.717) is 5.92 Å². The Hall–Kier alpha value is -0.860. The Morgan fingerprint density at radius 1 is 1.03 bits per heavy atom. The molecule has 3 rings (SSSR count). The summed E-state index contributed by atoms with van der Waals surface area (Å²) in [6, 6.07) is 10.9. The molecule has 1 atom stereocenters. The number of piperazine rings is 1. The van der Waals surface area contributed by atoms with Crippen LogP contribution in [-0.4, -0.2) is 86.6 Å². The quantitative estimate of drug-likeness (QED) is 0.335. The average Bonchev–Trinajstić information content (AvgIpc) is 2.76. The van der Waals surface area contributed by atoms with Crippen LogP contribution in [0.1, 0.15) is 32.3 Å². The lowest BCUT2D eigenvalue weighted by Crippen LogP contribution is -2.50. The van der Waals surface area contributed by atoms with E-state index < -0.39 is 0 Å². The van der Waals surface area contributed by atoms with Crippen molar-refractivity contribution in [3.05, 3.63) is 35.9 Å². The maximum atomic E-state index is 4.57. The zero-order chi connectivity index (χ0) is 20.5. The van der Waals surface area contributed by atoms with Crippen molar-refractivity contribution in [2.24, 2.45) is 16.8 Å². The highest BCUT2D eigenvalue weighted by molar-refractivity contribution is 14.0. The van der Waals surface area contributed by atoms with Gasteiger partial charge >= 0.3 is 0 Å². The Morgan fingerprint density at radius 2 is 1.67 bits per heavy atom. The number of aliphatic imine (C=N–C) groups is 1. The fraction of sp³-hybridized carbons (Fsp3) is 0.708. The van der Waals surface area contributed by atoms with E-state index in [1.807, 2.05) is 7.05 Å². The second kappa shape index (κ2) is 13.5. The Morgan fingerprint density at radius 3 is 2.27 bits per heavy atom. The highest BCUT2D eigenvalue weighted by atomic mass is 127. The average molecular weight is 528 g/mol. The Kier molecular flexibility index (Phi) is 11.5. The maximum absolute atomic E-state index is 4.57. The lowest BCUT2D eigenvalue weighted by molar-refractivity contribution is 0.124. The van der Waals surface area contributed by atoms with Gasteiger partial charge in [-0.2, -0.15) is 0 Å². The van der Waals surface area contributed by atoms with Gasteiger partial charge in [-0.05, 0) is 43.2 Å². The van der Waals surface area contributed by atoms with Gasteiger partial charge in [0.1, 0.15) is 0 Å². The summed E-state index contributed by atoms with van der Waals surface area (Å²) in [7, 11) is 1.92. The van der Waals surface area contributed by atoms with Gasteiger partial charge in [-0.3, -0.25) is 4.99 Å². The number of hydrogen-bond donors (Lipinski definition) is 1. The molecule has 2 aliphatic heterocycles. The van der Waals surface area contributed by atoms with Crippen molar-refractivity contribution in [3.8, 4) is 0 Å². The number of nitrogens with one attached hydrogen (secondary N) is 1. The Bertz CT molecular complexity index is 607. The molecule has 0 bridgehead atoms. The molecule has 5 nitrogen and oxygen atoms in total. The Labute approximate surface area is 201 Å². The van der Waals surface area contributed by atoms with Crippen molar-refractivity contribution in [2.75, 3.05) is 66.0 Å². The summed E-state index contributed by atoms with van der Waals surface area (Å²) in [5.74, 6) is 2.52.